The van der Waals surface area contributed by atoms with Crippen LogP contribution >= 0.6 is 12.2 Å². The molecule has 0 saturated carbocycles. The molecule has 1 aliphatic rings. The molecular formula is C9H14N2O5S. The summed E-state index contributed by atoms with van der Waals surface area (Å²) in [6, 6.07) is -0.930. The number of hydrogen-bond donors (Lipinski definition) is 4. The first-order chi connectivity index (χ1) is 8.01. The quantitative estimate of drug-likeness (QED) is 0.347. The van der Waals surface area contributed by atoms with E-state index in [1.54, 1.807) is 0 Å². The number of carbonyl (C=O) groups is 1. The van der Waals surface area contributed by atoms with E-state index in [1.165, 1.54) is 6.92 Å². The van der Waals surface area contributed by atoms with E-state index >= 15 is 0 Å². The van der Waals surface area contributed by atoms with Gasteiger partial charge in [-0.05, 0) is 12.2 Å². The molecule has 0 aromatic rings. The Labute approximate surface area is 103 Å². The fraction of sp³-hybridized carbons (Fsp3) is 0.778. The maximum absolute atomic E-state index is 11.0. The van der Waals surface area contributed by atoms with Crippen LogP contribution in [-0.4, -0.2) is 63.6 Å². The molecule has 1 amide bonds. The fourth-order valence-corrected chi connectivity index (χ4v) is 1.75. The van der Waals surface area contributed by atoms with Gasteiger partial charge in [-0.25, -0.2) is 0 Å². The second-order valence-corrected chi connectivity index (χ2v) is 3.86. The third-order valence-corrected chi connectivity index (χ3v) is 2.56. The van der Waals surface area contributed by atoms with Crippen molar-refractivity contribution in [3.63, 3.8) is 0 Å². The average Bonchev–Trinajstić information content (AvgIpc) is 2.28. The molecule has 17 heavy (non-hydrogen) atoms. The lowest BCUT2D eigenvalue weighted by molar-refractivity contribution is -0.192. The van der Waals surface area contributed by atoms with Crippen LogP contribution in [0.1, 0.15) is 6.92 Å². The number of amides is 1. The number of nitrogens with one attached hydrogen (secondary N) is 1. The highest BCUT2D eigenvalue weighted by atomic mass is 32.1. The van der Waals surface area contributed by atoms with Crippen molar-refractivity contribution in [2.24, 2.45) is 4.99 Å². The minimum absolute atomic E-state index is 0.406. The summed E-state index contributed by atoms with van der Waals surface area (Å²) >= 11 is 4.43. The minimum Gasteiger partial charge on any atom is -0.394 e. The molecule has 1 heterocycles. The van der Waals surface area contributed by atoms with Crippen molar-refractivity contribution < 1.29 is 24.9 Å². The van der Waals surface area contributed by atoms with Crippen LogP contribution in [0.2, 0.25) is 0 Å². The summed E-state index contributed by atoms with van der Waals surface area (Å²) < 4.78 is 5.20. The first-order valence-corrected chi connectivity index (χ1v) is 5.38. The van der Waals surface area contributed by atoms with E-state index in [0.717, 1.165) is 0 Å². The van der Waals surface area contributed by atoms with Gasteiger partial charge in [-0.3, -0.25) is 4.79 Å². The molecule has 7 nitrogen and oxygen atoms in total. The third kappa shape index (κ3) is 3.29. The maximum Gasteiger partial charge on any atom is 0.217 e. The van der Waals surface area contributed by atoms with Gasteiger partial charge in [0.1, 0.15) is 24.4 Å². The number of carbonyl (C=O) groups excluding carboxylic acids is 1. The second-order valence-electron chi connectivity index (χ2n) is 3.68. The lowest BCUT2D eigenvalue weighted by Crippen LogP contribution is -2.63. The molecule has 1 fully saturated rings. The summed E-state index contributed by atoms with van der Waals surface area (Å²) in [7, 11) is 0. The van der Waals surface area contributed by atoms with E-state index in [2.05, 4.69) is 27.7 Å². The van der Waals surface area contributed by atoms with Crippen molar-refractivity contribution in [1.82, 2.24) is 5.32 Å². The Hall–Kier alpha value is -0.890. The van der Waals surface area contributed by atoms with Crippen LogP contribution in [0.3, 0.4) is 0 Å². The number of isothiocyanates is 1. The third-order valence-electron chi connectivity index (χ3n) is 2.45. The number of rotatable bonds is 3. The Morgan fingerprint density at radius 1 is 1.53 bits per heavy atom. The molecule has 4 N–H and O–H groups in total. The molecule has 8 heteroatoms. The summed E-state index contributed by atoms with van der Waals surface area (Å²) in [5, 5.41) is 32.9. The number of nitrogens with zero attached hydrogens (tertiary/aromatic N) is 1. The van der Waals surface area contributed by atoms with Crippen molar-refractivity contribution in [3.05, 3.63) is 0 Å². The van der Waals surface area contributed by atoms with Crippen LogP contribution < -0.4 is 5.32 Å². The van der Waals surface area contributed by atoms with Gasteiger partial charge in [0, 0.05) is 6.92 Å². The number of aliphatic hydroxyl groups is 3. The van der Waals surface area contributed by atoms with Crippen molar-refractivity contribution in [2.75, 3.05) is 6.61 Å². The highest BCUT2D eigenvalue weighted by Gasteiger charge is 2.44. The number of thiocarbonyl (C=S) groups is 1. The molecule has 0 unspecified atom stereocenters. The van der Waals surface area contributed by atoms with E-state index in [0.29, 0.717) is 0 Å². The van der Waals surface area contributed by atoms with Crippen LogP contribution in [0, 0.1) is 0 Å². The lowest BCUT2D eigenvalue weighted by atomic mass is 9.96. The summed E-state index contributed by atoms with van der Waals surface area (Å²) in [6.45, 7) is 0.782. The van der Waals surface area contributed by atoms with Crippen LogP contribution in [0.4, 0.5) is 0 Å². The van der Waals surface area contributed by atoms with Gasteiger partial charge in [0.2, 0.25) is 5.91 Å². The minimum atomic E-state index is -1.31. The van der Waals surface area contributed by atoms with Crippen molar-refractivity contribution >= 4 is 23.3 Å². The van der Waals surface area contributed by atoms with Crippen molar-refractivity contribution in [1.29, 1.82) is 0 Å². The van der Waals surface area contributed by atoms with Crippen molar-refractivity contribution in [3.8, 4) is 0 Å². The van der Waals surface area contributed by atoms with Crippen LogP contribution in [0.25, 0.3) is 0 Å². The van der Waals surface area contributed by atoms with Gasteiger partial charge in [-0.15, -0.1) is 0 Å². The molecule has 0 aromatic heterocycles. The van der Waals surface area contributed by atoms with Gasteiger partial charge in [-0.2, -0.15) is 4.99 Å². The molecule has 0 bridgehead atoms. The largest absolute Gasteiger partial charge is 0.394 e. The second kappa shape index (κ2) is 6.15. The van der Waals surface area contributed by atoms with E-state index in [1.807, 2.05) is 0 Å². The molecule has 1 aliphatic heterocycles. The molecular weight excluding hydrogens is 248 g/mol. The summed E-state index contributed by atoms with van der Waals surface area (Å²) in [5.74, 6) is -0.406. The lowest BCUT2D eigenvalue weighted by Gasteiger charge is -2.40. The van der Waals surface area contributed by atoms with Crippen LogP contribution in [0.5, 0.6) is 0 Å². The standard InChI is InChI=1S/C9H14N2O5S/c1-4(13)11-6-8(15)7(14)5(2-12)16-9(6)10-3-17/h5-9,12,14-15H,2H2,1H3,(H,11,13)/t5-,6+,7-,8-,9-/m1/s1. The van der Waals surface area contributed by atoms with Gasteiger partial charge < -0.3 is 25.4 Å². The SMILES string of the molecule is CC(=O)N[C@H]1[C@@H](O)[C@H](O)[C@@H](CO)O[C@H]1N=C=S. The Balaban J connectivity index is 2.90. The van der Waals surface area contributed by atoms with E-state index in [-0.39, 0.29) is 0 Å². The number of hydrogen-bond acceptors (Lipinski definition) is 7. The molecule has 0 spiro atoms. The van der Waals surface area contributed by atoms with Gasteiger partial charge in [0.05, 0.1) is 11.8 Å². The molecule has 0 aliphatic carbocycles. The molecule has 0 aromatic carbocycles. The maximum atomic E-state index is 11.0. The monoisotopic (exact) mass is 262 g/mol. The Morgan fingerprint density at radius 3 is 2.65 bits per heavy atom. The fourth-order valence-electron chi connectivity index (χ4n) is 1.65. The number of ether oxygens (including phenoxy) is 1. The highest BCUT2D eigenvalue weighted by Crippen LogP contribution is 2.21. The smallest absolute Gasteiger partial charge is 0.217 e. The highest BCUT2D eigenvalue weighted by molar-refractivity contribution is 7.78. The zero-order valence-corrected chi connectivity index (χ0v) is 9.92. The molecule has 1 rings (SSSR count). The first kappa shape index (κ1) is 14.2. The number of aliphatic hydroxyl groups excluding tert-OH is 3. The Kier molecular flexibility index (Phi) is 5.13. The van der Waals surface area contributed by atoms with Gasteiger partial charge in [0.15, 0.2) is 6.23 Å². The predicted octanol–water partition coefficient (Wildman–Crippen LogP) is -1.97. The normalized spacial score (nSPS) is 37.1. The summed E-state index contributed by atoms with van der Waals surface area (Å²) in [5.41, 5.74) is 0. The first-order valence-electron chi connectivity index (χ1n) is 4.97. The average molecular weight is 262 g/mol. The van der Waals surface area contributed by atoms with Crippen LogP contribution in [0.15, 0.2) is 4.99 Å². The zero-order chi connectivity index (χ0) is 13.0. The zero-order valence-electron chi connectivity index (χ0n) is 9.11. The van der Waals surface area contributed by atoms with Crippen molar-refractivity contribution in [2.45, 2.75) is 37.5 Å². The van der Waals surface area contributed by atoms with E-state index < -0.39 is 43.1 Å². The Morgan fingerprint density at radius 2 is 2.18 bits per heavy atom. The molecule has 1 saturated heterocycles. The van der Waals surface area contributed by atoms with E-state index in [4.69, 9.17) is 9.84 Å². The predicted molar refractivity (Wildman–Crippen MR) is 60.4 cm³/mol. The number of aliphatic imine (C=N–C) groups is 1. The molecule has 5 atom stereocenters. The van der Waals surface area contributed by atoms with Gasteiger partial charge >= 0.3 is 0 Å². The van der Waals surface area contributed by atoms with E-state index in [9.17, 15) is 15.0 Å². The molecule has 96 valence electrons. The topological polar surface area (TPSA) is 111 Å². The molecule has 0 radical (unpaired) electrons. The summed E-state index contributed by atoms with van der Waals surface area (Å²) in [4.78, 5) is 14.6. The van der Waals surface area contributed by atoms with Crippen LogP contribution in [-0.2, 0) is 9.53 Å². The Bertz CT molecular complexity index is 333. The van der Waals surface area contributed by atoms with Gasteiger partial charge in [0.25, 0.3) is 0 Å². The van der Waals surface area contributed by atoms with Gasteiger partial charge in [-0.1, -0.05) is 0 Å². The summed E-state index contributed by atoms with van der Waals surface area (Å²) in [6.07, 6.45) is -4.57.